The molecule has 4 rings (SSSR count). The number of hydrogen-bond acceptors (Lipinski definition) is 3. The van der Waals surface area contributed by atoms with E-state index in [-0.39, 0.29) is 11.9 Å². The van der Waals surface area contributed by atoms with E-state index in [1.54, 1.807) is 0 Å². The zero-order valence-corrected chi connectivity index (χ0v) is 14.8. The Morgan fingerprint density at radius 1 is 1.28 bits per heavy atom. The molecule has 0 fully saturated rings. The Bertz CT molecular complexity index is 944. The number of carbonyl (C=O) groups excluding carboxylic acids is 1. The maximum absolute atomic E-state index is 13.1. The highest BCUT2D eigenvalue weighted by Gasteiger charge is 2.30. The molecule has 0 saturated heterocycles. The summed E-state index contributed by atoms with van der Waals surface area (Å²) in [4.78, 5) is 27.2. The summed E-state index contributed by atoms with van der Waals surface area (Å²) in [5.74, 6) is 0.745. The average Bonchev–Trinajstić information content (AvgIpc) is 3.05. The molecule has 1 atom stereocenters. The van der Waals surface area contributed by atoms with E-state index in [9.17, 15) is 4.79 Å². The Balaban J connectivity index is 1.70. The lowest BCUT2D eigenvalue weighted by molar-refractivity contribution is 0.0665. The number of imidazole rings is 1. The second-order valence-electron chi connectivity index (χ2n) is 6.95. The Labute approximate surface area is 147 Å². The quantitative estimate of drug-likeness (QED) is 0.774. The number of para-hydroxylation sites is 1. The first-order valence-corrected chi connectivity index (χ1v) is 8.79. The molecule has 0 spiro atoms. The lowest BCUT2D eigenvalue weighted by Gasteiger charge is -2.34. The fourth-order valence-electron chi connectivity index (χ4n) is 3.68. The Kier molecular flexibility index (Phi) is 3.79. The third-order valence-electron chi connectivity index (χ3n) is 5.07. The number of amides is 1. The van der Waals surface area contributed by atoms with E-state index in [0.29, 0.717) is 18.3 Å². The summed E-state index contributed by atoms with van der Waals surface area (Å²) < 4.78 is 0. The highest BCUT2D eigenvalue weighted by Crippen LogP contribution is 2.30. The van der Waals surface area contributed by atoms with Crippen LogP contribution in [-0.2, 0) is 6.42 Å². The van der Waals surface area contributed by atoms with Gasteiger partial charge in [-0.15, -0.1) is 0 Å². The molecule has 3 aromatic rings. The van der Waals surface area contributed by atoms with Crippen molar-refractivity contribution in [3.63, 3.8) is 0 Å². The van der Waals surface area contributed by atoms with E-state index in [1.165, 1.54) is 5.56 Å². The molecule has 1 aliphatic rings. The molecule has 2 aromatic heterocycles. The van der Waals surface area contributed by atoms with Crippen molar-refractivity contribution in [1.29, 1.82) is 0 Å². The van der Waals surface area contributed by atoms with Gasteiger partial charge in [-0.2, -0.15) is 0 Å². The summed E-state index contributed by atoms with van der Waals surface area (Å²) >= 11 is 0. The predicted octanol–water partition coefficient (Wildman–Crippen LogP) is 3.84. The van der Waals surface area contributed by atoms with Gasteiger partial charge in [0.15, 0.2) is 5.82 Å². The summed E-state index contributed by atoms with van der Waals surface area (Å²) in [7, 11) is 0. The van der Waals surface area contributed by atoms with E-state index in [1.807, 2.05) is 29.3 Å². The van der Waals surface area contributed by atoms with Gasteiger partial charge in [0, 0.05) is 24.9 Å². The summed E-state index contributed by atoms with van der Waals surface area (Å²) in [6, 6.07) is 10.0. The van der Waals surface area contributed by atoms with E-state index < -0.39 is 0 Å². The van der Waals surface area contributed by atoms with Crippen molar-refractivity contribution in [3.8, 4) is 0 Å². The maximum Gasteiger partial charge on any atom is 0.290 e. The zero-order chi connectivity index (χ0) is 17.6. The van der Waals surface area contributed by atoms with Crippen molar-refractivity contribution >= 4 is 16.9 Å². The monoisotopic (exact) mass is 334 g/mol. The number of nitrogens with zero attached hydrogens (tertiary/aromatic N) is 3. The van der Waals surface area contributed by atoms with Crippen LogP contribution in [0.15, 0.2) is 36.5 Å². The number of benzene rings is 1. The molecular formula is C20H22N4O. The molecular weight excluding hydrogens is 312 g/mol. The fraction of sp³-hybridized carbons (Fsp3) is 0.350. The fourth-order valence-corrected chi connectivity index (χ4v) is 3.68. The zero-order valence-electron chi connectivity index (χ0n) is 14.8. The second-order valence-corrected chi connectivity index (χ2v) is 6.95. The molecule has 128 valence electrons. The van der Waals surface area contributed by atoms with Crippen molar-refractivity contribution in [2.75, 3.05) is 6.54 Å². The number of fused-ring (bicyclic) bond motifs is 2. The molecule has 0 radical (unpaired) electrons. The van der Waals surface area contributed by atoms with E-state index >= 15 is 0 Å². The smallest absolute Gasteiger partial charge is 0.290 e. The van der Waals surface area contributed by atoms with E-state index in [0.717, 1.165) is 28.7 Å². The van der Waals surface area contributed by atoms with Crippen LogP contribution < -0.4 is 0 Å². The van der Waals surface area contributed by atoms with Crippen molar-refractivity contribution in [2.45, 2.75) is 39.2 Å². The van der Waals surface area contributed by atoms with Gasteiger partial charge in [-0.25, -0.2) is 4.98 Å². The minimum atomic E-state index is -0.0482. The Morgan fingerprint density at radius 3 is 2.92 bits per heavy atom. The van der Waals surface area contributed by atoms with Crippen LogP contribution in [0.2, 0.25) is 0 Å². The molecule has 0 saturated carbocycles. The standard InChI is InChI=1S/C20H22N4O/c1-12(2)14-6-4-8-17-18(14)23-19(22-17)20(25)24-11-9-16-15(13(24)3)7-5-10-21-16/h4-8,10,12-13H,9,11H2,1-3H3,(H,22,23)/t13-/m1/s1. The molecule has 3 heterocycles. The maximum atomic E-state index is 13.1. The van der Waals surface area contributed by atoms with Gasteiger partial charge in [0.1, 0.15) is 0 Å². The topological polar surface area (TPSA) is 61.9 Å². The second kappa shape index (κ2) is 5.99. The molecule has 25 heavy (non-hydrogen) atoms. The summed E-state index contributed by atoms with van der Waals surface area (Å²) in [5, 5.41) is 0. The van der Waals surface area contributed by atoms with E-state index in [2.05, 4.69) is 47.9 Å². The normalized spacial score (nSPS) is 17.1. The largest absolute Gasteiger partial charge is 0.334 e. The summed E-state index contributed by atoms with van der Waals surface area (Å²) in [5.41, 5.74) is 5.21. The number of carbonyl (C=O) groups is 1. The summed E-state index contributed by atoms with van der Waals surface area (Å²) in [6.45, 7) is 7.01. The number of pyridine rings is 1. The van der Waals surface area contributed by atoms with Crippen LogP contribution in [0, 0.1) is 0 Å². The first-order chi connectivity index (χ1) is 12.1. The third-order valence-corrected chi connectivity index (χ3v) is 5.07. The van der Waals surface area contributed by atoms with Gasteiger partial charge in [-0.3, -0.25) is 9.78 Å². The van der Waals surface area contributed by atoms with Gasteiger partial charge < -0.3 is 9.88 Å². The molecule has 0 aliphatic carbocycles. The van der Waals surface area contributed by atoms with Gasteiger partial charge in [-0.1, -0.05) is 32.0 Å². The third kappa shape index (κ3) is 2.60. The van der Waals surface area contributed by atoms with Crippen molar-refractivity contribution in [1.82, 2.24) is 19.9 Å². The van der Waals surface area contributed by atoms with Crippen molar-refractivity contribution < 1.29 is 4.79 Å². The molecule has 1 aromatic carbocycles. The van der Waals surface area contributed by atoms with Crippen LogP contribution in [0.5, 0.6) is 0 Å². The summed E-state index contributed by atoms with van der Waals surface area (Å²) in [6.07, 6.45) is 2.60. The van der Waals surface area contributed by atoms with Crippen molar-refractivity contribution in [3.05, 3.63) is 59.2 Å². The molecule has 1 N–H and O–H groups in total. The first kappa shape index (κ1) is 15.8. The molecule has 1 aliphatic heterocycles. The minimum Gasteiger partial charge on any atom is -0.334 e. The van der Waals surface area contributed by atoms with E-state index in [4.69, 9.17) is 0 Å². The molecule has 5 heteroatoms. The number of rotatable bonds is 2. The SMILES string of the molecule is CC(C)c1cccc2nc(C(=O)N3CCc4ncccc4[C@H]3C)[nH]c12. The lowest BCUT2D eigenvalue weighted by Crippen LogP contribution is -2.39. The highest BCUT2D eigenvalue weighted by atomic mass is 16.2. The van der Waals surface area contributed by atoms with Gasteiger partial charge in [0.2, 0.25) is 0 Å². The number of hydrogen-bond donors (Lipinski definition) is 1. The van der Waals surface area contributed by atoms with Gasteiger partial charge in [-0.05, 0) is 36.1 Å². The Hall–Kier alpha value is -2.69. The predicted molar refractivity (Wildman–Crippen MR) is 97.6 cm³/mol. The number of nitrogens with one attached hydrogen (secondary N) is 1. The van der Waals surface area contributed by atoms with Gasteiger partial charge in [0.05, 0.1) is 17.1 Å². The molecule has 0 bridgehead atoms. The minimum absolute atomic E-state index is 0.00253. The van der Waals surface area contributed by atoms with Crippen LogP contribution in [0.1, 0.15) is 60.2 Å². The Morgan fingerprint density at radius 2 is 2.12 bits per heavy atom. The molecule has 0 unspecified atom stereocenters. The van der Waals surface area contributed by atoms with Crippen LogP contribution in [0.4, 0.5) is 0 Å². The average molecular weight is 334 g/mol. The van der Waals surface area contributed by atoms with Gasteiger partial charge >= 0.3 is 0 Å². The van der Waals surface area contributed by atoms with Crippen LogP contribution in [0.25, 0.3) is 11.0 Å². The molecule has 1 amide bonds. The van der Waals surface area contributed by atoms with Crippen LogP contribution in [0.3, 0.4) is 0 Å². The number of aromatic amines is 1. The van der Waals surface area contributed by atoms with Crippen LogP contribution in [-0.4, -0.2) is 32.3 Å². The number of H-pyrrole nitrogens is 1. The first-order valence-electron chi connectivity index (χ1n) is 8.79. The van der Waals surface area contributed by atoms with Crippen molar-refractivity contribution in [2.24, 2.45) is 0 Å². The van der Waals surface area contributed by atoms with Gasteiger partial charge in [0.25, 0.3) is 5.91 Å². The number of aromatic nitrogens is 3. The molecule has 5 nitrogen and oxygen atoms in total. The lowest BCUT2D eigenvalue weighted by atomic mass is 9.98. The van der Waals surface area contributed by atoms with Crippen LogP contribution >= 0.6 is 0 Å². The highest BCUT2D eigenvalue weighted by molar-refractivity contribution is 5.95.